The van der Waals surface area contributed by atoms with Crippen LogP contribution in [0.3, 0.4) is 0 Å². The Morgan fingerprint density at radius 3 is 2.54 bits per heavy atom. The average molecular weight is 392 g/mol. The molecule has 1 unspecified atom stereocenters. The summed E-state index contributed by atoms with van der Waals surface area (Å²) < 4.78 is 5.46. The molecule has 0 spiro atoms. The van der Waals surface area contributed by atoms with Crippen LogP contribution in [0.2, 0.25) is 0 Å². The summed E-state index contributed by atoms with van der Waals surface area (Å²) >= 11 is 0. The Hall–Kier alpha value is -2.19. The Bertz CT molecular complexity index is 654. The Labute approximate surface area is 167 Å². The average Bonchev–Trinajstić information content (AvgIpc) is 2.70. The third-order valence-electron chi connectivity index (χ3n) is 5.12. The van der Waals surface area contributed by atoms with Crippen LogP contribution in [0.15, 0.2) is 29.3 Å². The molecule has 1 saturated heterocycles. The molecule has 8 nitrogen and oxygen atoms in total. The summed E-state index contributed by atoms with van der Waals surface area (Å²) in [6.45, 7) is 13.3. The minimum atomic E-state index is -0.391. The summed E-state index contributed by atoms with van der Waals surface area (Å²) in [5, 5.41) is 17.7. The lowest BCUT2D eigenvalue weighted by molar-refractivity contribution is -0.384. The van der Waals surface area contributed by atoms with Gasteiger partial charge in [-0.15, -0.1) is 0 Å². The van der Waals surface area contributed by atoms with Crippen LogP contribution in [0.25, 0.3) is 0 Å². The largest absolute Gasteiger partial charge is 0.379 e. The van der Waals surface area contributed by atoms with E-state index in [4.69, 9.17) is 4.74 Å². The molecule has 0 saturated carbocycles. The van der Waals surface area contributed by atoms with Gasteiger partial charge in [0.1, 0.15) is 0 Å². The summed E-state index contributed by atoms with van der Waals surface area (Å²) in [7, 11) is 0. The molecule has 2 rings (SSSR count). The number of hydrogen-bond acceptors (Lipinski definition) is 5. The zero-order chi connectivity index (χ0) is 20.6. The number of nitrogens with zero attached hydrogens (tertiary/aromatic N) is 3. The SMILES string of the molecule is CCC(C)NC(=NCc1ccc([N+](=O)[O-])cc1)NCC(C)(C)N1CCOCC1. The monoisotopic (exact) mass is 391 g/mol. The molecule has 1 atom stereocenters. The van der Waals surface area contributed by atoms with Crippen molar-refractivity contribution in [2.75, 3.05) is 32.8 Å². The molecule has 0 radical (unpaired) electrons. The van der Waals surface area contributed by atoms with E-state index in [0.717, 1.165) is 50.8 Å². The molecule has 1 aromatic rings. The quantitative estimate of drug-likeness (QED) is 0.306. The zero-order valence-corrected chi connectivity index (χ0v) is 17.4. The van der Waals surface area contributed by atoms with Crippen LogP contribution < -0.4 is 10.6 Å². The van der Waals surface area contributed by atoms with E-state index in [0.29, 0.717) is 12.6 Å². The molecule has 8 heteroatoms. The van der Waals surface area contributed by atoms with Crippen molar-refractivity contribution in [3.8, 4) is 0 Å². The molecule has 0 aromatic heterocycles. The van der Waals surface area contributed by atoms with Gasteiger partial charge < -0.3 is 15.4 Å². The van der Waals surface area contributed by atoms with Crippen LogP contribution in [0.5, 0.6) is 0 Å². The summed E-state index contributed by atoms with van der Waals surface area (Å²) in [6.07, 6.45) is 0.991. The first-order chi connectivity index (χ1) is 13.3. The molecule has 0 bridgehead atoms. The highest BCUT2D eigenvalue weighted by atomic mass is 16.6. The van der Waals surface area contributed by atoms with Crippen LogP contribution in [-0.2, 0) is 11.3 Å². The van der Waals surface area contributed by atoms with E-state index in [9.17, 15) is 10.1 Å². The van der Waals surface area contributed by atoms with Crippen molar-refractivity contribution in [3.05, 3.63) is 39.9 Å². The molecule has 1 aliphatic rings. The fourth-order valence-corrected chi connectivity index (χ4v) is 2.96. The lowest BCUT2D eigenvalue weighted by Crippen LogP contribution is -2.57. The number of nitro benzene ring substituents is 1. The number of hydrogen-bond donors (Lipinski definition) is 2. The highest BCUT2D eigenvalue weighted by molar-refractivity contribution is 5.80. The van der Waals surface area contributed by atoms with Crippen molar-refractivity contribution < 1.29 is 9.66 Å². The van der Waals surface area contributed by atoms with Crippen molar-refractivity contribution in [3.63, 3.8) is 0 Å². The number of non-ortho nitro benzene ring substituents is 1. The van der Waals surface area contributed by atoms with E-state index in [2.05, 4.69) is 48.2 Å². The molecule has 2 N–H and O–H groups in total. The van der Waals surface area contributed by atoms with E-state index in [1.54, 1.807) is 12.1 Å². The van der Waals surface area contributed by atoms with E-state index in [1.165, 1.54) is 12.1 Å². The zero-order valence-electron chi connectivity index (χ0n) is 17.4. The summed E-state index contributed by atoms with van der Waals surface area (Å²) in [5.74, 6) is 0.758. The van der Waals surface area contributed by atoms with E-state index >= 15 is 0 Å². The van der Waals surface area contributed by atoms with Gasteiger partial charge in [-0.05, 0) is 32.8 Å². The number of rotatable bonds is 8. The minimum Gasteiger partial charge on any atom is -0.379 e. The number of guanidine groups is 1. The molecule has 1 aliphatic heterocycles. The van der Waals surface area contributed by atoms with Gasteiger partial charge in [-0.3, -0.25) is 15.0 Å². The summed E-state index contributed by atoms with van der Waals surface area (Å²) in [4.78, 5) is 17.5. The maximum Gasteiger partial charge on any atom is 0.269 e. The first-order valence-electron chi connectivity index (χ1n) is 9.93. The number of ether oxygens (including phenoxy) is 1. The van der Waals surface area contributed by atoms with E-state index in [-0.39, 0.29) is 11.2 Å². The molecule has 1 heterocycles. The van der Waals surface area contributed by atoms with Gasteiger partial charge in [0.2, 0.25) is 0 Å². The normalized spacial score (nSPS) is 17.2. The Morgan fingerprint density at radius 2 is 1.96 bits per heavy atom. The highest BCUT2D eigenvalue weighted by Gasteiger charge is 2.28. The number of aliphatic imine (C=N–C) groups is 1. The molecule has 156 valence electrons. The van der Waals surface area contributed by atoms with Crippen molar-refractivity contribution in [1.29, 1.82) is 0 Å². The fourth-order valence-electron chi connectivity index (χ4n) is 2.96. The fraction of sp³-hybridized carbons (Fsp3) is 0.650. The number of nitro groups is 1. The second-order valence-electron chi connectivity index (χ2n) is 7.81. The van der Waals surface area contributed by atoms with Crippen LogP contribution in [0.1, 0.15) is 39.7 Å². The molecular formula is C20H33N5O3. The molecule has 1 aromatic carbocycles. The van der Waals surface area contributed by atoms with Crippen molar-refractivity contribution in [2.45, 2.75) is 52.2 Å². The van der Waals surface area contributed by atoms with E-state index in [1.807, 2.05) is 0 Å². The molecule has 28 heavy (non-hydrogen) atoms. The number of morpholine rings is 1. The molecule has 1 fully saturated rings. The van der Waals surface area contributed by atoms with Gasteiger partial charge in [-0.2, -0.15) is 0 Å². The van der Waals surface area contributed by atoms with Crippen LogP contribution in [-0.4, -0.2) is 60.2 Å². The van der Waals surface area contributed by atoms with Crippen molar-refractivity contribution in [1.82, 2.24) is 15.5 Å². The lowest BCUT2D eigenvalue weighted by atomic mass is 10.0. The molecule has 0 aliphatic carbocycles. The highest BCUT2D eigenvalue weighted by Crippen LogP contribution is 2.15. The second-order valence-corrected chi connectivity index (χ2v) is 7.81. The minimum absolute atomic E-state index is 0.0188. The van der Waals surface area contributed by atoms with Crippen LogP contribution in [0, 0.1) is 10.1 Å². The van der Waals surface area contributed by atoms with Gasteiger partial charge in [-0.1, -0.05) is 19.1 Å². The van der Waals surface area contributed by atoms with Crippen LogP contribution >= 0.6 is 0 Å². The topological polar surface area (TPSA) is 92.0 Å². The standard InChI is InChI=1S/C20H33N5O3/c1-5-16(2)23-19(21-14-17-6-8-18(9-7-17)25(26)27)22-15-20(3,4)24-10-12-28-13-11-24/h6-9,16H,5,10-15H2,1-4H3,(H2,21,22,23). The van der Waals surface area contributed by atoms with Gasteiger partial charge >= 0.3 is 0 Å². The van der Waals surface area contributed by atoms with Gasteiger partial charge in [0.25, 0.3) is 5.69 Å². The third-order valence-corrected chi connectivity index (χ3v) is 5.12. The van der Waals surface area contributed by atoms with E-state index < -0.39 is 4.92 Å². The first-order valence-corrected chi connectivity index (χ1v) is 9.93. The number of benzene rings is 1. The smallest absolute Gasteiger partial charge is 0.269 e. The molecule has 0 amide bonds. The second kappa shape index (κ2) is 10.4. The van der Waals surface area contributed by atoms with Crippen molar-refractivity contribution >= 4 is 11.6 Å². The van der Waals surface area contributed by atoms with Gasteiger partial charge in [0, 0.05) is 43.3 Å². The Balaban J connectivity index is 2.01. The van der Waals surface area contributed by atoms with Gasteiger partial charge in [-0.25, -0.2) is 4.99 Å². The lowest BCUT2D eigenvalue weighted by Gasteiger charge is -2.41. The molecular weight excluding hydrogens is 358 g/mol. The first kappa shape index (κ1) is 22.1. The predicted molar refractivity (Wildman–Crippen MR) is 112 cm³/mol. The number of nitrogens with one attached hydrogen (secondary N) is 2. The van der Waals surface area contributed by atoms with Crippen LogP contribution in [0.4, 0.5) is 5.69 Å². The van der Waals surface area contributed by atoms with Gasteiger partial charge in [0.05, 0.1) is 24.7 Å². The maximum absolute atomic E-state index is 10.8. The maximum atomic E-state index is 10.8. The Morgan fingerprint density at radius 1 is 1.32 bits per heavy atom. The van der Waals surface area contributed by atoms with Crippen molar-refractivity contribution in [2.24, 2.45) is 4.99 Å². The third kappa shape index (κ3) is 6.76. The summed E-state index contributed by atoms with van der Waals surface area (Å²) in [6, 6.07) is 6.83. The Kier molecular flexibility index (Phi) is 8.19. The summed E-state index contributed by atoms with van der Waals surface area (Å²) in [5.41, 5.74) is 1.01. The van der Waals surface area contributed by atoms with Gasteiger partial charge in [0.15, 0.2) is 5.96 Å². The predicted octanol–water partition coefficient (Wildman–Crippen LogP) is 2.54.